The second-order valence-electron chi connectivity index (χ2n) is 7.66. The number of pyridine rings is 2. The molecule has 0 aliphatic carbocycles. The Hall–Kier alpha value is -2.74. The fraction of sp³-hybridized carbons (Fsp3) is 0.231. The van der Waals surface area contributed by atoms with E-state index in [4.69, 9.17) is 9.84 Å². The van der Waals surface area contributed by atoms with Gasteiger partial charge in [-0.05, 0) is 102 Å². The Bertz CT molecular complexity index is 1590. The molecule has 2 aromatic heterocycles. The van der Waals surface area contributed by atoms with Crippen molar-refractivity contribution >= 4 is 78.9 Å². The lowest BCUT2D eigenvalue weighted by Crippen LogP contribution is -2.20. The monoisotopic (exact) mass is 714 g/mol. The van der Waals surface area contributed by atoms with Crippen LogP contribution in [0, 0.1) is 7.14 Å². The van der Waals surface area contributed by atoms with Gasteiger partial charge in [0, 0.05) is 43.4 Å². The number of halogens is 2. The molecular formula is C26H24I2N2O6. The summed E-state index contributed by atoms with van der Waals surface area (Å²) in [5.41, 5.74) is 0.829. The molecule has 2 heterocycles. The number of benzene rings is 2. The second kappa shape index (κ2) is 12.0. The molecular weight excluding hydrogens is 690 g/mol. The lowest BCUT2D eigenvalue weighted by Gasteiger charge is -2.11. The third-order valence-electron chi connectivity index (χ3n) is 5.49. The number of aryl methyl sites for hydroxylation is 2. The molecule has 1 N–H and O–H groups in total. The molecule has 188 valence electrons. The first kappa shape index (κ1) is 27.8. The molecule has 0 saturated carbocycles. The van der Waals surface area contributed by atoms with E-state index in [0.29, 0.717) is 23.9 Å². The maximum Gasteiger partial charge on any atom is 0.343 e. The summed E-state index contributed by atoms with van der Waals surface area (Å²) in [7, 11) is 0. The van der Waals surface area contributed by atoms with Gasteiger partial charge in [-0.1, -0.05) is 0 Å². The van der Waals surface area contributed by atoms with Crippen LogP contribution in [-0.4, -0.2) is 32.8 Å². The molecule has 8 nitrogen and oxygen atoms in total. The SMILES string of the molecule is CCOC(=O)c1cn(CC)c2ccc(I)cc2c1=O.CCn1cc(C(=O)O)c(=O)c2cc(I)ccc21. The van der Waals surface area contributed by atoms with Crippen LogP contribution in [-0.2, 0) is 17.8 Å². The normalized spacial score (nSPS) is 10.7. The number of carbonyl (C=O) groups is 2. The van der Waals surface area contributed by atoms with Crippen molar-refractivity contribution in [1.82, 2.24) is 9.13 Å². The molecule has 0 bridgehead atoms. The molecule has 0 radical (unpaired) electrons. The number of ether oxygens (including phenoxy) is 1. The first-order valence-corrected chi connectivity index (χ1v) is 13.3. The standard InChI is InChI=1S/C14H14INO3.C12H10INO3/c1-3-16-8-11(14(18)19-4-2)13(17)10-7-9(15)5-6-12(10)16;1-2-14-6-9(12(16)17)11(15)8-5-7(13)3-4-10(8)14/h5-8H,3-4H2,1-2H3;3-6H,2H2,1H3,(H,16,17). The van der Waals surface area contributed by atoms with Crippen molar-refractivity contribution in [2.45, 2.75) is 33.9 Å². The number of carboxylic acids is 1. The number of fused-ring (bicyclic) bond motifs is 2. The molecule has 0 spiro atoms. The molecule has 4 aromatic rings. The quantitative estimate of drug-likeness (QED) is 0.227. The summed E-state index contributed by atoms with van der Waals surface area (Å²) < 4.78 is 10.5. The van der Waals surface area contributed by atoms with Gasteiger partial charge in [-0.3, -0.25) is 9.59 Å². The Morgan fingerprint density at radius 3 is 1.67 bits per heavy atom. The number of hydrogen-bond donors (Lipinski definition) is 1. The maximum atomic E-state index is 12.3. The number of carbonyl (C=O) groups excluding carboxylic acids is 1. The number of aromatic nitrogens is 2. The van der Waals surface area contributed by atoms with E-state index >= 15 is 0 Å². The molecule has 0 aliphatic heterocycles. The lowest BCUT2D eigenvalue weighted by atomic mass is 10.1. The van der Waals surface area contributed by atoms with Gasteiger partial charge in [0.05, 0.1) is 17.6 Å². The molecule has 0 amide bonds. The van der Waals surface area contributed by atoms with E-state index in [1.54, 1.807) is 29.8 Å². The predicted octanol–water partition coefficient (Wildman–Crippen LogP) is 5.13. The van der Waals surface area contributed by atoms with E-state index in [1.165, 1.54) is 6.20 Å². The van der Waals surface area contributed by atoms with Crippen LogP contribution in [0.1, 0.15) is 41.5 Å². The van der Waals surface area contributed by atoms with E-state index < -0.39 is 17.4 Å². The third kappa shape index (κ3) is 5.80. The molecule has 0 saturated heterocycles. The summed E-state index contributed by atoms with van der Waals surface area (Å²) in [6.45, 7) is 7.17. The van der Waals surface area contributed by atoms with Crippen LogP contribution >= 0.6 is 45.2 Å². The highest BCUT2D eigenvalue weighted by molar-refractivity contribution is 14.1. The van der Waals surface area contributed by atoms with Crippen molar-refractivity contribution in [1.29, 1.82) is 0 Å². The van der Waals surface area contributed by atoms with Gasteiger partial charge < -0.3 is 19.0 Å². The minimum atomic E-state index is -1.18. The molecule has 0 unspecified atom stereocenters. The van der Waals surface area contributed by atoms with E-state index in [9.17, 15) is 19.2 Å². The molecule has 0 fully saturated rings. The highest BCUT2D eigenvalue weighted by atomic mass is 127. The maximum absolute atomic E-state index is 12.3. The largest absolute Gasteiger partial charge is 0.477 e. The van der Waals surface area contributed by atoms with E-state index in [0.717, 1.165) is 18.2 Å². The number of rotatable bonds is 5. The summed E-state index contributed by atoms with van der Waals surface area (Å²) in [6.07, 6.45) is 2.98. The number of esters is 1. The van der Waals surface area contributed by atoms with Gasteiger partial charge >= 0.3 is 11.9 Å². The Morgan fingerprint density at radius 1 is 0.806 bits per heavy atom. The third-order valence-corrected chi connectivity index (χ3v) is 6.83. The van der Waals surface area contributed by atoms with Crippen molar-refractivity contribution in [2.75, 3.05) is 6.61 Å². The minimum Gasteiger partial charge on any atom is -0.477 e. The van der Waals surface area contributed by atoms with Crippen molar-refractivity contribution in [3.63, 3.8) is 0 Å². The highest BCUT2D eigenvalue weighted by Gasteiger charge is 2.16. The van der Waals surface area contributed by atoms with Crippen LogP contribution in [0.2, 0.25) is 0 Å². The van der Waals surface area contributed by atoms with Gasteiger partial charge in [0.15, 0.2) is 0 Å². The molecule has 10 heteroatoms. The fourth-order valence-electron chi connectivity index (χ4n) is 3.77. The number of hydrogen-bond acceptors (Lipinski definition) is 5. The minimum absolute atomic E-state index is 0.0956. The van der Waals surface area contributed by atoms with Crippen LogP contribution in [0.5, 0.6) is 0 Å². The van der Waals surface area contributed by atoms with Crippen LogP contribution in [0.4, 0.5) is 0 Å². The number of nitrogens with zero attached hydrogens (tertiary/aromatic N) is 2. The Kier molecular flexibility index (Phi) is 9.28. The average Bonchev–Trinajstić information content (AvgIpc) is 2.85. The summed E-state index contributed by atoms with van der Waals surface area (Å²) in [5, 5.41) is 10.0. The summed E-state index contributed by atoms with van der Waals surface area (Å²) in [6, 6.07) is 11.1. The van der Waals surface area contributed by atoms with E-state index in [1.807, 2.05) is 42.7 Å². The van der Waals surface area contributed by atoms with Crippen molar-refractivity contribution in [3.05, 3.63) is 87.5 Å². The highest BCUT2D eigenvalue weighted by Crippen LogP contribution is 2.17. The number of aromatic carboxylic acids is 1. The Balaban J connectivity index is 0.000000202. The van der Waals surface area contributed by atoms with Crippen LogP contribution in [0.3, 0.4) is 0 Å². The zero-order valence-electron chi connectivity index (χ0n) is 19.9. The van der Waals surface area contributed by atoms with Gasteiger partial charge in [0.25, 0.3) is 0 Å². The number of carboxylic acid groups (broad SMARTS) is 1. The van der Waals surface area contributed by atoms with Gasteiger partial charge in [-0.25, -0.2) is 9.59 Å². The predicted molar refractivity (Wildman–Crippen MR) is 156 cm³/mol. The first-order valence-electron chi connectivity index (χ1n) is 11.2. The first-order chi connectivity index (χ1) is 17.1. The molecule has 0 atom stereocenters. The molecule has 2 aromatic carbocycles. The van der Waals surface area contributed by atoms with Crippen LogP contribution in [0.15, 0.2) is 58.4 Å². The summed E-state index contributed by atoms with van der Waals surface area (Å²) in [4.78, 5) is 47.2. The van der Waals surface area contributed by atoms with Gasteiger partial charge in [0.1, 0.15) is 11.1 Å². The van der Waals surface area contributed by atoms with Crippen molar-refractivity contribution in [3.8, 4) is 0 Å². The molecule has 0 aliphatic rings. The van der Waals surface area contributed by atoms with Gasteiger partial charge in [0.2, 0.25) is 10.9 Å². The second-order valence-corrected chi connectivity index (χ2v) is 10.2. The fourth-order valence-corrected chi connectivity index (χ4v) is 4.75. The smallest absolute Gasteiger partial charge is 0.343 e. The van der Waals surface area contributed by atoms with Gasteiger partial charge in [-0.15, -0.1) is 0 Å². The molecule has 36 heavy (non-hydrogen) atoms. The average molecular weight is 714 g/mol. The van der Waals surface area contributed by atoms with Crippen molar-refractivity contribution in [2.24, 2.45) is 0 Å². The van der Waals surface area contributed by atoms with Crippen LogP contribution in [0.25, 0.3) is 21.8 Å². The van der Waals surface area contributed by atoms with Crippen molar-refractivity contribution < 1.29 is 19.4 Å². The summed E-state index contributed by atoms with van der Waals surface area (Å²) in [5.74, 6) is -1.74. The summed E-state index contributed by atoms with van der Waals surface area (Å²) >= 11 is 4.25. The topological polar surface area (TPSA) is 108 Å². The zero-order chi connectivity index (χ0) is 26.6. The van der Waals surface area contributed by atoms with E-state index in [-0.39, 0.29) is 23.2 Å². The Labute approximate surface area is 234 Å². The van der Waals surface area contributed by atoms with E-state index in [2.05, 4.69) is 45.2 Å². The van der Waals surface area contributed by atoms with Crippen LogP contribution < -0.4 is 10.9 Å². The van der Waals surface area contributed by atoms with Gasteiger partial charge in [-0.2, -0.15) is 0 Å². The zero-order valence-corrected chi connectivity index (χ0v) is 24.2. The lowest BCUT2D eigenvalue weighted by molar-refractivity contribution is 0.0523. The Morgan fingerprint density at radius 2 is 1.25 bits per heavy atom. The molecule has 4 rings (SSSR count).